The Morgan fingerprint density at radius 1 is 0.700 bits per heavy atom. The van der Waals surface area contributed by atoms with E-state index in [4.69, 9.17) is 0 Å². The summed E-state index contributed by atoms with van der Waals surface area (Å²) in [5, 5.41) is 0. The summed E-state index contributed by atoms with van der Waals surface area (Å²) in [6.07, 6.45) is 0. The van der Waals surface area contributed by atoms with Crippen LogP contribution in [0.15, 0.2) is 14.4 Å². The van der Waals surface area contributed by atoms with E-state index in [2.05, 4.69) is 0 Å². The van der Waals surface area contributed by atoms with Crippen LogP contribution >= 0.6 is 0 Å². The van der Waals surface area contributed by atoms with Gasteiger partial charge in [-0.3, -0.25) is 15.0 Å². The van der Waals surface area contributed by atoms with E-state index in [1.165, 1.54) is 0 Å². The molecule has 0 aromatic carbocycles. The zero-order chi connectivity index (χ0) is 6.85. The van der Waals surface area contributed by atoms with Gasteiger partial charge in [-0.25, -0.2) is 14.4 Å². The molecule has 0 spiro atoms. The monoisotopic (exact) mass is 168 g/mol. The van der Waals surface area contributed by atoms with Crippen molar-refractivity contribution in [3.05, 3.63) is 31.5 Å². The zero-order valence-electron chi connectivity index (χ0n) is 5.22. The molecule has 0 unspecified atom stereocenters. The van der Waals surface area contributed by atoms with E-state index in [1.54, 1.807) is 15.0 Å². The van der Waals surface area contributed by atoms with Crippen molar-refractivity contribution >= 4 is 51.4 Å². The van der Waals surface area contributed by atoms with E-state index in [0.717, 1.165) is 0 Å². The molecular formula is C3H3KN3O3. The Balaban J connectivity index is 0.000000810. The van der Waals surface area contributed by atoms with Gasteiger partial charge in [0.1, 0.15) is 0 Å². The summed E-state index contributed by atoms with van der Waals surface area (Å²) in [4.78, 5) is 35.9. The largest absolute Gasteiger partial charge is 0.330 e. The van der Waals surface area contributed by atoms with Gasteiger partial charge in [-0.05, 0) is 0 Å². The molecule has 7 heteroatoms. The van der Waals surface area contributed by atoms with Crippen LogP contribution in [0.5, 0.6) is 0 Å². The van der Waals surface area contributed by atoms with E-state index in [9.17, 15) is 14.4 Å². The molecule has 0 atom stereocenters. The molecule has 0 saturated carbocycles. The third-order valence-corrected chi connectivity index (χ3v) is 0.681. The molecule has 0 saturated heterocycles. The third kappa shape index (κ3) is 2.75. The summed E-state index contributed by atoms with van der Waals surface area (Å²) in [5.74, 6) is 0. The summed E-state index contributed by atoms with van der Waals surface area (Å²) in [5.41, 5.74) is -2.41. The number of H-pyrrole nitrogens is 3. The second kappa shape index (κ2) is 4.04. The van der Waals surface area contributed by atoms with E-state index >= 15 is 0 Å². The average Bonchev–Trinajstić information content (AvgIpc) is 1.59. The maximum absolute atomic E-state index is 10.2. The van der Waals surface area contributed by atoms with Gasteiger partial charge in [0.15, 0.2) is 0 Å². The van der Waals surface area contributed by atoms with Gasteiger partial charge in [0.05, 0.1) is 0 Å². The van der Waals surface area contributed by atoms with Crippen molar-refractivity contribution < 1.29 is 0 Å². The van der Waals surface area contributed by atoms with Crippen LogP contribution in [0, 0.1) is 0 Å². The van der Waals surface area contributed by atoms with Crippen LogP contribution in [0.25, 0.3) is 0 Å². The summed E-state index contributed by atoms with van der Waals surface area (Å²) >= 11 is 0. The van der Waals surface area contributed by atoms with Crippen molar-refractivity contribution in [2.75, 3.05) is 0 Å². The number of aromatic nitrogens is 3. The van der Waals surface area contributed by atoms with Crippen molar-refractivity contribution in [2.45, 2.75) is 0 Å². The van der Waals surface area contributed by atoms with Gasteiger partial charge in [0.2, 0.25) is 0 Å². The molecule has 0 bridgehead atoms. The molecule has 0 fully saturated rings. The van der Waals surface area contributed by atoms with Crippen LogP contribution < -0.4 is 17.1 Å². The Bertz CT molecular complexity index is 281. The fourth-order valence-corrected chi connectivity index (χ4v) is 0.403. The predicted octanol–water partition coefficient (Wildman–Crippen LogP) is -2.63. The second-order valence-electron chi connectivity index (χ2n) is 1.36. The first-order valence-corrected chi connectivity index (χ1v) is 2.11. The number of nitrogens with one attached hydrogen (secondary N) is 3. The first kappa shape index (κ1) is 10.0. The second-order valence-corrected chi connectivity index (χ2v) is 1.36. The maximum Gasteiger partial charge on any atom is 0.330 e. The first-order chi connectivity index (χ1) is 4.18. The molecule has 1 aromatic rings. The van der Waals surface area contributed by atoms with Gasteiger partial charge in [0.25, 0.3) is 0 Å². The Hall–Kier alpha value is 0.0464. The molecule has 1 heterocycles. The summed E-state index contributed by atoms with van der Waals surface area (Å²) < 4.78 is 0. The SMILES string of the molecule is O=c1[nH]c(=O)[nH]c(=O)[nH]1.[K]. The predicted molar refractivity (Wildman–Crippen MR) is 34.1 cm³/mol. The molecule has 3 N–H and O–H groups in total. The molecule has 49 valence electrons. The standard InChI is InChI=1S/C3H3N3O3.K/c7-1-4-2(8)6-3(9)5-1;/h(H3,4,5,6,7,8,9);. The summed E-state index contributed by atoms with van der Waals surface area (Å²) in [7, 11) is 0. The molecule has 10 heavy (non-hydrogen) atoms. The minimum Gasteiger partial charge on any atom is -0.259 e. The Morgan fingerprint density at radius 2 is 0.900 bits per heavy atom. The van der Waals surface area contributed by atoms with Gasteiger partial charge in [-0.1, -0.05) is 0 Å². The van der Waals surface area contributed by atoms with Gasteiger partial charge >= 0.3 is 17.1 Å². The molecule has 0 aliphatic carbocycles. The van der Waals surface area contributed by atoms with Crippen molar-refractivity contribution in [2.24, 2.45) is 0 Å². The van der Waals surface area contributed by atoms with Crippen LogP contribution in [-0.4, -0.2) is 66.3 Å². The molecule has 0 aliphatic heterocycles. The van der Waals surface area contributed by atoms with Gasteiger partial charge in [0, 0.05) is 51.4 Å². The molecule has 0 aliphatic rings. The van der Waals surface area contributed by atoms with Gasteiger partial charge in [-0.2, -0.15) is 0 Å². The van der Waals surface area contributed by atoms with Gasteiger partial charge in [-0.15, -0.1) is 0 Å². The zero-order valence-corrected chi connectivity index (χ0v) is 8.35. The number of hydrogen-bond donors (Lipinski definition) is 3. The molecule has 1 radical (unpaired) electrons. The van der Waals surface area contributed by atoms with Crippen molar-refractivity contribution in [3.63, 3.8) is 0 Å². The number of aromatic amines is 3. The van der Waals surface area contributed by atoms with Crippen LogP contribution in [0.4, 0.5) is 0 Å². The number of hydrogen-bond acceptors (Lipinski definition) is 3. The minimum atomic E-state index is -0.802. The maximum atomic E-state index is 10.2. The summed E-state index contributed by atoms with van der Waals surface area (Å²) in [6.45, 7) is 0. The molecule has 6 nitrogen and oxygen atoms in total. The van der Waals surface area contributed by atoms with Crippen molar-refractivity contribution in [3.8, 4) is 0 Å². The van der Waals surface area contributed by atoms with Crippen LogP contribution in [0.2, 0.25) is 0 Å². The molecule has 1 aromatic heterocycles. The Kier molecular flexibility index (Phi) is 4.05. The topological polar surface area (TPSA) is 98.6 Å². The first-order valence-electron chi connectivity index (χ1n) is 2.11. The molecule has 1 rings (SSSR count). The van der Waals surface area contributed by atoms with E-state index in [0.29, 0.717) is 0 Å². The van der Waals surface area contributed by atoms with E-state index < -0.39 is 17.1 Å². The van der Waals surface area contributed by atoms with Crippen molar-refractivity contribution in [1.82, 2.24) is 15.0 Å². The van der Waals surface area contributed by atoms with Crippen molar-refractivity contribution in [1.29, 1.82) is 0 Å². The normalized spacial score (nSPS) is 8.40. The molecular weight excluding hydrogens is 165 g/mol. The fourth-order valence-electron chi connectivity index (χ4n) is 0.403. The Labute approximate surface area is 96.5 Å². The molecule has 0 amide bonds. The van der Waals surface area contributed by atoms with E-state index in [-0.39, 0.29) is 51.4 Å². The number of rotatable bonds is 0. The quantitative estimate of drug-likeness (QED) is 0.369. The third-order valence-electron chi connectivity index (χ3n) is 0.681. The smallest absolute Gasteiger partial charge is 0.259 e. The minimum absolute atomic E-state index is 0. The van der Waals surface area contributed by atoms with Crippen LogP contribution in [-0.2, 0) is 0 Å². The fraction of sp³-hybridized carbons (Fsp3) is 0. The van der Waals surface area contributed by atoms with Gasteiger partial charge < -0.3 is 0 Å². The Morgan fingerprint density at radius 3 is 1.10 bits per heavy atom. The van der Waals surface area contributed by atoms with E-state index in [1.807, 2.05) is 0 Å². The van der Waals surface area contributed by atoms with Crippen LogP contribution in [0.3, 0.4) is 0 Å². The van der Waals surface area contributed by atoms with Crippen LogP contribution in [0.1, 0.15) is 0 Å². The summed E-state index contributed by atoms with van der Waals surface area (Å²) in [6, 6.07) is 0. The average molecular weight is 168 g/mol.